The molecule has 33 heavy (non-hydrogen) atoms. The molecular weight excluding hydrogens is 418 g/mol. The van der Waals surface area contributed by atoms with Gasteiger partial charge in [0.15, 0.2) is 5.92 Å². The third-order valence-corrected chi connectivity index (χ3v) is 5.93. The molecule has 0 N–H and O–H groups in total. The van der Waals surface area contributed by atoms with Crippen molar-refractivity contribution >= 4 is 28.9 Å². The molecule has 1 amide bonds. The van der Waals surface area contributed by atoms with Crippen LogP contribution in [0.15, 0.2) is 48.5 Å². The van der Waals surface area contributed by atoms with E-state index >= 15 is 0 Å². The van der Waals surface area contributed by atoms with Crippen LogP contribution < -0.4 is 9.64 Å². The molecule has 1 aliphatic heterocycles. The Kier molecular flexibility index (Phi) is 6.67. The Bertz CT molecular complexity index is 1150. The van der Waals surface area contributed by atoms with Crippen LogP contribution in [-0.2, 0) is 14.3 Å². The number of aromatic nitrogens is 2. The van der Waals surface area contributed by atoms with Crippen molar-refractivity contribution in [2.45, 2.75) is 40.2 Å². The summed E-state index contributed by atoms with van der Waals surface area (Å²) in [5.41, 5.74) is 2.46. The smallest absolute Gasteiger partial charge is 0.321 e. The molecule has 174 valence electrons. The highest BCUT2D eigenvalue weighted by Crippen LogP contribution is 2.42. The summed E-state index contributed by atoms with van der Waals surface area (Å²) in [4.78, 5) is 33.5. The van der Waals surface area contributed by atoms with Gasteiger partial charge in [-0.15, -0.1) is 0 Å². The van der Waals surface area contributed by atoms with Gasteiger partial charge in [0.25, 0.3) is 0 Å². The minimum atomic E-state index is -1.01. The summed E-state index contributed by atoms with van der Waals surface area (Å²) in [5, 5.41) is 0. The topological polar surface area (TPSA) is 73.7 Å². The van der Waals surface area contributed by atoms with Gasteiger partial charge in [0, 0.05) is 6.54 Å². The molecule has 0 spiro atoms. The number of amides is 1. The number of benzene rings is 2. The van der Waals surface area contributed by atoms with Crippen molar-refractivity contribution < 1.29 is 19.1 Å². The Hall–Kier alpha value is -3.35. The zero-order valence-electron chi connectivity index (χ0n) is 19.7. The number of anilines is 1. The molecule has 0 unspecified atom stereocenters. The van der Waals surface area contributed by atoms with E-state index in [-0.39, 0.29) is 12.5 Å². The number of carbonyl (C=O) groups is 2. The second-order valence-corrected chi connectivity index (χ2v) is 8.62. The number of para-hydroxylation sites is 2. The molecular formula is C26H31N3O4. The minimum Gasteiger partial charge on any atom is -0.494 e. The van der Waals surface area contributed by atoms with E-state index in [1.807, 2.05) is 60.0 Å². The van der Waals surface area contributed by atoms with Crippen LogP contribution in [0.4, 0.5) is 5.95 Å². The van der Waals surface area contributed by atoms with Gasteiger partial charge in [-0.2, -0.15) is 0 Å². The Labute approximate surface area is 194 Å². The third kappa shape index (κ3) is 4.32. The zero-order chi connectivity index (χ0) is 23.5. The van der Waals surface area contributed by atoms with Crippen molar-refractivity contribution in [1.29, 1.82) is 0 Å². The van der Waals surface area contributed by atoms with Crippen molar-refractivity contribution in [1.82, 2.24) is 9.55 Å². The van der Waals surface area contributed by atoms with Crippen molar-refractivity contribution in [2.75, 3.05) is 24.7 Å². The number of imidazole rings is 1. The number of fused-ring (bicyclic) bond motifs is 3. The van der Waals surface area contributed by atoms with Gasteiger partial charge in [-0.3, -0.25) is 14.5 Å². The number of esters is 1. The molecule has 1 aliphatic rings. The summed E-state index contributed by atoms with van der Waals surface area (Å²) in [6.45, 7) is 9.12. The summed E-state index contributed by atoms with van der Waals surface area (Å²) >= 11 is 0. The van der Waals surface area contributed by atoms with E-state index in [1.165, 1.54) is 0 Å². The maximum absolute atomic E-state index is 13.8. The molecule has 0 aliphatic carbocycles. The second kappa shape index (κ2) is 9.65. The predicted molar refractivity (Wildman–Crippen MR) is 127 cm³/mol. The average Bonchev–Trinajstić information content (AvgIpc) is 3.17. The van der Waals surface area contributed by atoms with Gasteiger partial charge < -0.3 is 14.0 Å². The number of hydrogen-bond acceptors (Lipinski definition) is 5. The molecule has 0 bridgehead atoms. The van der Waals surface area contributed by atoms with Crippen LogP contribution >= 0.6 is 0 Å². The lowest BCUT2D eigenvalue weighted by Crippen LogP contribution is -2.50. The van der Waals surface area contributed by atoms with Gasteiger partial charge in [0.2, 0.25) is 11.9 Å². The van der Waals surface area contributed by atoms with Crippen LogP contribution in [0.2, 0.25) is 0 Å². The summed E-state index contributed by atoms with van der Waals surface area (Å²) in [6, 6.07) is 14.8. The molecule has 0 saturated heterocycles. The van der Waals surface area contributed by atoms with Gasteiger partial charge in [-0.1, -0.05) is 38.1 Å². The van der Waals surface area contributed by atoms with Crippen molar-refractivity contribution in [3.8, 4) is 5.75 Å². The van der Waals surface area contributed by atoms with Crippen LogP contribution in [0.3, 0.4) is 0 Å². The highest BCUT2D eigenvalue weighted by atomic mass is 16.5. The Morgan fingerprint density at radius 1 is 1.09 bits per heavy atom. The molecule has 7 heteroatoms. The van der Waals surface area contributed by atoms with E-state index in [2.05, 4.69) is 13.8 Å². The van der Waals surface area contributed by atoms with Crippen LogP contribution in [-0.4, -0.2) is 41.2 Å². The lowest BCUT2D eigenvalue weighted by Gasteiger charge is -2.38. The number of hydrogen-bond donors (Lipinski definition) is 0. The lowest BCUT2D eigenvalue weighted by atomic mass is 9.89. The van der Waals surface area contributed by atoms with Gasteiger partial charge >= 0.3 is 5.97 Å². The fourth-order valence-corrected chi connectivity index (χ4v) is 4.40. The van der Waals surface area contributed by atoms with E-state index < -0.39 is 17.9 Å². The first-order valence-corrected chi connectivity index (χ1v) is 11.6. The molecule has 2 aromatic carbocycles. The Morgan fingerprint density at radius 2 is 1.88 bits per heavy atom. The molecule has 0 radical (unpaired) electrons. The standard InChI is InChI=1S/C26H31N3O4/c1-5-32-19-11-9-10-18(16-19)23-22(25(31)33-6-2)24(30)28(15-14-17(3)4)26-27-20-12-7-8-13-21(20)29(23)26/h7-13,16-17,22-23H,5-6,14-15H2,1-4H3/t22-,23+/m1/s1. The van der Waals surface area contributed by atoms with Crippen LogP contribution in [0.25, 0.3) is 11.0 Å². The summed E-state index contributed by atoms with van der Waals surface area (Å²) in [7, 11) is 0. The third-order valence-electron chi connectivity index (χ3n) is 5.93. The molecule has 0 saturated carbocycles. The second-order valence-electron chi connectivity index (χ2n) is 8.62. The fourth-order valence-electron chi connectivity index (χ4n) is 4.40. The number of rotatable bonds is 8. The molecule has 2 heterocycles. The highest BCUT2D eigenvalue weighted by Gasteiger charge is 2.47. The molecule has 2 atom stereocenters. The molecule has 1 aromatic heterocycles. The first-order chi connectivity index (χ1) is 16.0. The number of ether oxygens (including phenoxy) is 2. The van der Waals surface area contributed by atoms with E-state index in [0.717, 1.165) is 23.0 Å². The van der Waals surface area contributed by atoms with E-state index in [1.54, 1.807) is 11.8 Å². The summed E-state index contributed by atoms with van der Waals surface area (Å²) < 4.78 is 13.1. The molecule has 0 fully saturated rings. The quantitative estimate of drug-likeness (QED) is 0.371. The van der Waals surface area contributed by atoms with E-state index in [9.17, 15) is 9.59 Å². The first kappa shape index (κ1) is 22.8. The van der Waals surface area contributed by atoms with Gasteiger partial charge in [0.1, 0.15) is 5.75 Å². The fraction of sp³-hybridized carbons (Fsp3) is 0.423. The normalized spacial score (nSPS) is 18.0. The minimum absolute atomic E-state index is 0.206. The average molecular weight is 450 g/mol. The highest BCUT2D eigenvalue weighted by molar-refractivity contribution is 6.08. The predicted octanol–water partition coefficient (Wildman–Crippen LogP) is 4.60. The maximum atomic E-state index is 13.8. The maximum Gasteiger partial charge on any atom is 0.321 e. The Balaban J connectivity index is 1.95. The van der Waals surface area contributed by atoms with E-state index in [4.69, 9.17) is 14.5 Å². The van der Waals surface area contributed by atoms with Crippen molar-refractivity contribution in [2.24, 2.45) is 11.8 Å². The zero-order valence-corrected chi connectivity index (χ0v) is 19.7. The van der Waals surface area contributed by atoms with Crippen LogP contribution in [0.5, 0.6) is 5.75 Å². The lowest BCUT2D eigenvalue weighted by molar-refractivity contribution is -0.153. The van der Waals surface area contributed by atoms with Crippen molar-refractivity contribution in [3.63, 3.8) is 0 Å². The summed E-state index contributed by atoms with van der Waals surface area (Å²) in [6.07, 6.45) is 0.801. The molecule has 4 rings (SSSR count). The van der Waals surface area contributed by atoms with Crippen LogP contribution in [0.1, 0.15) is 45.7 Å². The molecule has 3 aromatic rings. The monoisotopic (exact) mass is 449 g/mol. The van der Waals surface area contributed by atoms with E-state index in [0.29, 0.717) is 30.8 Å². The van der Waals surface area contributed by atoms with Crippen molar-refractivity contribution in [3.05, 3.63) is 54.1 Å². The largest absolute Gasteiger partial charge is 0.494 e. The number of carbonyl (C=O) groups excluding carboxylic acids is 2. The van der Waals surface area contributed by atoms with Gasteiger partial charge in [-0.25, -0.2) is 4.98 Å². The van der Waals surface area contributed by atoms with Gasteiger partial charge in [-0.05, 0) is 56.0 Å². The number of nitrogens with zero attached hydrogens (tertiary/aromatic N) is 3. The Morgan fingerprint density at radius 3 is 2.61 bits per heavy atom. The SMILES string of the molecule is CCOC(=O)[C@H]1C(=O)N(CCC(C)C)c2nc3ccccc3n2[C@H]1c1cccc(OCC)c1. The van der Waals surface area contributed by atoms with Gasteiger partial charge in [0.05, 0.1) is 30.3 Å². The summed E-state index contributed by atoms with van der Waals surface area (Å²) in [5.74, 6) is -0.153. The first-order valence-electron chi connectivity index (χ1n) is 11.6. The van der Waals surface area contributed by atoms with Crippen LogP contribution in [0, 0.1) is 11.8 Å². The molecule has 7 nitrogen and oxygen atoms in total.